The van der Waals surface area contributed by atoms with Gasteiger partial charge in [0, 0.05) is 29.8 Å². The second kappa shape index (κ2) is 9.91. The van der Waals surface area contributed by atoms with Gasteiger partial charge in [0.25, 0.3) is 0 Å². The molecule has 0 spiro atoms. The van der Waals surface area contributed by atoms with Crippen molar-refractivity contribution in [1.29, 1.82) is 0 Å². The zero-order chi connectivity index (χ0) is 20.5. The smallest absolute Gasteiger partial charge is 0.331 e. The fourth-order valence-electron chi connectivity index (χ4n) is 2.34. The number of anilines is 1. The van der Waals surface area contributed by atoms with Gasteiger partial charge in [0.2, 0.25) is 5.91 Å². The fourth-order valence-corrected chi connectivity index (χ4v) is 2.34. The number of rotatable bonds is 8. The second-order valence-corrected chi connectivity index (χ2v) is 5.73. The highest BCUT2D eigenvalue weighted by Gasteiger charge is 2.09. The summed E-state index contributed by atoms with van der Waals surface area (Å²) in [5.74, 6) is -0.0254. The molecule has 2 rings (SSSR count). The maximum absolute atomic E-state index is 12.1. The molecule has 1 amide bonds. The Balaban J connectivity index is 1.94. The highest BCUT2D eigenvalue weighted by atomic mass is 16.5. The van der Waals surface area contributed by atoms with Crippen LogP contribution in [0.4, 0.5) is 5.69 Å². The molecule has 0 bridgehead atoms. The number of Topliss-reactive ketones (excluding diaryl/α,β-unsaturated/α-hetero) is 1. The normalized spacial score (nSPS) is 10.4. The molecule has 0 fully saturated rings. The molecular formula is C21H21NO6. The van der Waals surface area contributed by atoms with Gasteiger partial charge in [-0.15, -0.1) is 0 Å². The molecule has 2 aromatic carbocycles. The number of carbonyl (C=O) groups excluding carboxylic acids is 3. The maximum atomic E-state index is 12.1. The average molecular weight is 383 g/mol. The predicted octanol–water partition coefficient (Wildman–Crippen LogP) is 3.10. The first-order valence-corrected chi connectivity index (χ1v) is 8.40. The molecule has 7 heteroatoms. The van der Waals surface area contributed by atoms with Gasteiger partial charge >= 0.3 is 5.97 Å². The summed E-state index contributed by atoms with van der Waals surface area (Å²) < 4.78 is 15.4. The maximum Gasteiger partial charge on any atom is 0.331 e. The van der Waals surface area contributed by atoms with Crippen molar-refractivity contribution in [3.63, 3.8) is 0 Å². The molecule has 0 heterocycles. The number of carbonyl (C=O) groups is 3. The number of amides is 1. The largest absolute Gasteiger partial charge is 0.497 e. The first-order chi connectivity index (χ1) is 13.4. The van der Waals surface area contributed by atoms with Crippen LogP contribution in [0.1, 0.15) is 22.8 Å². The molecule has 0 atom stereocenters. The molecule has 0 aromatic heterocycles. The lowest BCUT2D eigenvalue weighted by atomic mass is 10.1. The van der Waals surface area contributed by atoms with Gasteiger partial charge < -0.3 is 19.5 Å². The Morgan fingerprint density at radius 1 is 1.00 bits per heavy atom. The van der Waals surface area contributed by atoms with Crippen molar-refractivity contribution in [2.75, 3.05) is 26.1 Å². The van der Waals surface area contributed by atoms with Crippen molar-refractivity contribution in [2.24, 2.45) is 0 Å². The van der Waals surface area contributed by atoms with Crippen molar-refractivity contribution >= 4 is 29.4 Å². The van der Waals surface area contributed by atoms with Gasteiger partial charge in [-0.25, -0.2) is 4.79 Å². The zero-order valence-corrected chi connectivity index (χ0v) is 15.9. The quantitative estimate of drug-likeness (QED) is 0.428. The van der Waals surface area contributed by atoms with Crippen molar-refractivity contribution in [3.05, 3.63) is 59.7 Å². The lowest BCUT2D eigenvalue weighted by Gasteiger charge is -2.07. The molecule has 2 aromatic rings. The van der Waals surface area contributed by atoms with Crippen LogP contribution in [0.25, 0.3) is 6.08 Å². The monoisotopic (exact) mass is 383 g/mol. The number of nitrogens with one attached hydrogen (secondary N) is 1. The first-order valence-electron chi connectivity index (χ1n) is 8.40. The van der Waals surface area contributed by atoms with Gasteiger partial charge in [0.15, 0.2) is 12.4 Å². The molecule has 0 unspecified atom stereocenters. The number of esters is 1. The lowest BCUT2D eigenvalue weighted by molar-refractivity contribution is -0.136. The molecule has 0 aliphatic rings. The van der Waals surface area contributed by atoms with Gasteiger partial charge in [0.1, 0.15) is 11.5 Å². The Kier molecular flexibility index (Phi) is 7.33. The van der Waals surface area contributed by atoms with Crippen LogP contribution in [0.3, 0.4) is 0 Å². The minimum atomic E-state index is -0.659. The second-order valence-electron chi connectivity index (χ2n) is 5.73. The predicted molar refractivity (Wildman–Crippen MR) is 105 cm³/mol. The van der Waals surface area contributed by atoms with E-state index in [2.05, 4.69) is 5.32 Å². The average Bonchev–Trinajstić information content (AvgIpc) is 2.70. The molecular weight excluding hydrogens is 362 g/mol. The number of hydrogen-bond donors (Lipinski definition) is 1. The van der Waals surface area contributed by atoms with Crippen LogP contribution in [0.15, 0.2) is 48.5 Å². The van der Waals surface area contributed by atoms with Crippen molar-refractivity contribution in [1.82, 2.24) is 0 Å². The molecule has 1 N–H and O–H groups in total. The number of benzene rings is 2. The van der Waals surface area contributed by atoms with E-state index in [9.17, 15) is 14.4 Å². The van der Waals surface area contributed by atoms with Crippen LogP contribution in [0.5, 0.6) is 11.5 Å². The number of methoxy groups -OCH3 is 2. The Hall–Kier alpha value is -3.61. The molecule has 7 nitrogen and oxygen atoms in total. The van der Waals surface area contributed by atoms with Crippen LogP contribution in [-0.2, 0) is 14.3 Å². The van der Waals surface area contributed by atoms with E-state index in [-0.39, 0.29) is 11.7 Å². The van der Waals surface area contributed by atoms with Crippen LogP contribution in [-0.4, -0.2) is 38.5 Å². The number of ether oxygens (including phenoxy) is 3. The molecule has 0 saturated heterocycles. The summed E-state index contributed by atoms with van der Waals surface area (Å²) in [6.07, 6.45) is 2.74. The Bertz CT molecular complexity index is 886. The summed E-state index contributed by atoms with van der Waals surface area (Å²) in [7, 11) is 3.06. The third-order valence-corrected chi connectivity index (χ3v) is 3.71. The van der Waals surface area contributed by atoms with E-state index in [4.69, 9.17) is 14.2 Å². The van der Waals surface area contributed by atoms with E-state index >= 15 is 0 Å². The van der Waals surface area contributed by atoms with E-state index in [1.54, 1.807) is 42.5 Å². The first kappa shape index (κ1) is 20.7. The Labute approximate surface area is 162 Å². The van der Waals surface area contributed by atoms with Crippen LogP contribution in [0, 0.1) is 0 Å². The third-order valence-electron chi connectivity index (χ3n) is 3.71. The highest BCUT2D eigenvalue weighted by molar-refractivity contribution is 5.99. The summed E-state index contributed by atoms with van der Waals surface area (Å²) in [6.45, 7) is 1.01. The minimum absolute atomic E-state index is 0.201. The number of hydrogen-bond acceptors (Lipinski definition) is 6. The van der Waals surface area contributed by atoms with E-state index in [0.29, 0.717) is 28.3 Å². The van der Waals surface area contributed by atoms with Gasteiger partial charge in [0.05, 0.1) is 14.2 Å². The topological polar surface area (TPSA) is 90.9 Å². The molecule has 0 aliphatic carbocycles. The van der Waals surface area contributed by atoms with Gasteiger partial charge in [-0.2, -0.15) is 0 Å². The summed E-state index contributed by atoms with van der Waals surface area (Å²) in [6, 6.07) is 11.5. The molecule has 28 heavy (non-hydrogen) atoms. The van der Waals surface area contributed by atoms with Crippen LogP contribution in [0.2, 0.25) is 0 Å². The number of ketones is 1. The summed E-state index contributed by atoms with van der Waals surface area (Å²) in [5, 5.41) is 2.61. The highest BCUT2D eigenvalue weighted by Crippen LogP contribution is 2.25. The van der Waals surface area contributed by atoms with Gasteiger partial charge in [-0.3, -0.25) is 9.59 Å². The molecule has 0 saturated carbocycles. The molecule has 146 valence electrons. The van der Waals surface area contributed by atoms with E-state index in [0.717, 1.165) is 0 Å². The fraction of sp³-hybridized carbons (Fsp3) is 0.190. The van der Waals surface area contributed by atoms with Gasteiger partial charge in [-0.05, 0) is 48.5 Å². The van der Waals surface area contributed by atoms with E-state index < -0.39 is 12.6 Å². The third kappa shape index (κ3) is 5.98. The van der Waals surface area contributed by atoms with Crippen molar-refractivity contribution < 1.29 is 28.6 Å². The van der Waals surface area contributed by atoms with Crippen LogP contribution < -0.4 is 14.8 Å². The molecule has 0 aliphatic heterocycles. The Morgan fingerprint density at radius 3 is 2.32 bits per heavy atom. The van der Waals surface area contributed by atoms with Crippen molar-refractivity contribution in [3.8, 4) is 11.5 Å². The lowest BCUT2D eigenvalue weighted by Crippen LogP contribution is -2.13. The minimum Gasteiger partial charge on any atom is -0.497 e. The van der Waals surface area contributed by atoms with Gasteiger partial charge in [-0.1, -0.05) is 0 Å². The molecule has 0 radical (unpaired) electrons. The van der Waals surface area contributed by atoms with Crippen LogP contribution >= 0.6 is 0 Å². The SMILES string of the molecule is COc1ccc(OC)c(/C=C/C(=O)OCC(=O)c2ccc(NC(C)=O)cc2)c1. The summed E-state index contributed by atoms with van der Waals surface area (Å²) in [5.41, 5.74) is 1.59. The Morgan fingerprint density at radius 2 is 1.71 bits per heavy atom. The summed E-state index contributed by atoms with van der Waals surface area (Å²) in [4.78, 5) is 35.0. The van der Waals surface area contributed by atoms with E-state index in [1.165, 1.54) is 33.3 Å². The standard InChI is InChI=1S/C21H21NO6/c1-14(23)22-17-7-4-15(5-8-17)19(24)13-28-21(25)11-6-16-12-18(26-2)9-10-20(16)27-3/h4-12H,13H2,1-3H3,(H,22,23)/b11-6+. The summed E-state index contributed by atoms with van der Waals surface area (Å²) >= 11 is 0. The zero-order valence-electron chi connectivity index (χ0n) is 15.9. The van der Waals surface area contributed by atoms with Crippen molar-refractivity contribution in [2.45, 2.75) is 6.92 Å². The van der Waals surface area contributed by atoms with E-state index in [1.807, 2.05) is 0 Å².